The monoisotopic (exact) mass is 705 g/mol. The molecule has 0 aliphatic rings. The van der Waals surface area contributed by atoms with Crippen molar-refractivity contribution in [3.05, 3.63) is 12.2 Å². The van der Waals surface area contributed by atoms with Crippen LogP contribution in [0.1, 0.15) is 264 Å². The Kier molecular flexibility index (Phi) is 41.0. The van der Waals surface area contributed by atoms with Crippen molar-refractivity contribution in [3.8, 4) is 0 Å². The molecule has 0 saturated carbocycles. The van der Waals surface area contributed by atoms with Crippen LogP contribution in [0.5, 0.6) is 0 Å². The number of unbranched alkanes of at least 4 members (excludes halogenated alkanes) is 31. The van der Waals surface area contributed by atoms with Gasteiger partial charge < -0.3 is 9.84 Å². The molecule has 0 spiro atoms. The Morgan fingerprint density at radius 3 is 1.10 bits per heavy atom. The van der Waals surface area contributed by atoms with Crippen molar-refractivity contribution in [2.75, 3.05) is 0 Å². The Bertz CT molecular complexity index is 717. The van der Waals surface area contributed by atoms with Gasteiger partial charge in [0.15, 0.2) is 0 Å². The first kappa shape index (κ1) is 48.7. The van der Waals surface area contributed by atoms with Crippen LogP contribution >= 0.6 is 0 Å². The number of carbonyl (C=O) groups is 2. The molecule has 0 aliphatic heterocycles. The molecular formula is C46H88O4. The van der Waals surface area contributed by atoms with Gasteiger partial charge in [-0.05, 0) is 64.2 Å². The molecule has 0 amide bonds. The first-order valence-electron chi connectivity index (χ1n) is 22.7. The van der Waals surface area contributed by atoms with Crippen molar-refractivity contribution in [1.29, 1.82) is 0 Å². The summed E-state index contributed by atoms with van der Waals surface area (Å²) in [6.45, 7) is 4.56. The van der Waals surface area contributed by atoms with Crippen LogP contribution in [0.2, 0.25) is 0 Å². The number of carboxylic acid groups (broad SMARTS) is 1. The molecule has 0 aromatic carbocycles. The van der Waals surface area contributed by atoms with E-state index in [1.165, 1.54) is 186 Å². The zero-order valence-corrected chi connectivity index (χ0v) is 34.0. The van der Waals surface area contributed by atoms with Crippen LogP contribution in [-0.2, 0) is 14.3 Å². The Labute approximate surface area is 313 Å². The van der Waals surface area contributed by atoms with Gasteiger partial charge in [0.05, 0.1) is 0 Å². The van der Waals surface area contributed by atoms with Crippen molar-refractivity contribution in [2.45, 2.75) is 270 Å². The molecule has 4 nitrogen and oxygen atoms in total. The summed E-state index contributed by atoms with van der Waals surface area (Å²) in [5.74, 6) is -0.744. The van der Waals surface area contributed by atoms with Gasteiger partial charge in [-0.15, -0.1) is 0 Å². The van der Waals surface area contributed by atoms with E-state index >= 15 is 0 Å². The molecular weight excluding hydrogens is 617 g/mol. The van der Waals surface area contributed by atoms with Crippen molar-refractivity contribution >= 4 is 11.9 Å². The highest BCUT2D eigenvalue weighted by atomic mass is 16.5. The minimum absolute atomic E-state index is 0.00593. The lowest BCUT2D eigenvalue weighted by atomic mass is 10.0. The molecule has 0 heterocycles. The number of hydrogen-bond acceptors (Lipinski definition) is 3. The fraction of sp³-hybridized carbons (Fsp3) is 0.913. The van der Waals surface area contributed by atoms with Crippen molar-refractivity contribution in [2.24, 2.45) is 0 Å². The van der Waals surface area contributed by atoms with E-state index in [1.54, 1.807) is 0 Å². The highest BCUT2D eigenvalue weighted by molar-refractivity contribution is 5.69. The molecule has 0 saturated heterocycles. The summed E-state index contributed by atoms with van der Waals surface area (Å²) in [6.07, 6.45) is 52.5. The number of hydrogen-bond donors (Lipinski definition) is 1. The van der Waals surface area contributed by atoms with Crippen LogP contribution in [0.3, 0.4) is 0 Å². The second kappa shape index (κ2) is 42.1. The Hall–Kier alpha value is -1.32. The summed E-state index contributed by atoms with van der Waals surface area (Å²) < 4.78 is 5.97. The number of ether oxygens (including phenoxy) is 1. The molecule has 0 rings (SSSR count). The quantitative estimate of drug-likeness (QED) is 0.0390. The van der Waals surface area contributed by atoms with Gasteiger partial charge in [-0.3, -0.25) is 9.59 Å². The van der Waals surface area contributed by atoms with Crippen LogP contribution in [0.4, 0.5) is 0 Å². The van der Waals surface area contributed by atoms with Crippen molar-refractivity contribution in [1.82, 2.24) is 0 Å². The highest BCUT2D eigenvalue weighted by Gasteiger charge is 2.14. The van der Waals surface area contributed by atoms with Crippen LogP contribution in [0.25, 0.3) is 0 Å². The molecule has 0 aromatic rings. The minimum Gasteiger partial charge on any atom is -0.481 e. The first-order chi connectivity index (χ1) is 24.6. The van der Waals surface area contributed by atoms with Gasteiger partial charge in [0.1, 0.15) is 6.10 Å². The zero-order chi connectivity index (χ0) is 36.4. The van der Waals surface area contributed by atoms with Gasteiger partial charge in [0, 0.05) is 12.8 Å². The molecule has 4 heteroatoms. The summed E-state index contributed by atoms with van der Waals surface area (Å²) >= 11 is 0. The molecule has 0 aromatic heterocycles. The van der Waals surface area contributed by atoms with E-state index in [4.69, 9.17) is 9.84 Å². The molecule has 0 fully saturated rings. The molecule has 0 bridgehead atoms. The predicted molar refractivity (Wildman–Crippen MR) is 218 cm³/mol. The third-order valence-corrected chi connectivity index (χ3v) is 10.5. The minimum atomic E-state index is -0.719. The van der Waals surface area contributed by atoms with Crippen LogP contribution < -0.4 is 0 Å². The average Bonchev–Trinajstić information content (AvgIpc) is 3.10. The Balaban J connectivity index is 3.81. The smallest absolute Gasteiger partial charge is 0.306 e. The first-order valence-corrected chi connectivity index (χ1v) is 22.7. The summed E-state index contributed by atoms with van der Waals surface area (Å²) in [5.41, 5.74) is 0. The predicted octanol–water partition coefficient (Wildman–Crippen LogP) is 15.8. The van der Waals surface area contributed by atoms with E-state index in [0.29, 0.717) is 12.8 Å². The normalized spacial score (nSPS) is 12.2. The van der Waals surface area contributed by atoms with Gasteiger partial charge in [-0.25, -0.2) is 0 Å². The van der Waals surface area contributed by atoms with Crippen LogP contribution in [0, 0.1) is 0 Å². The molecule has 1 unspecified atom stereocenters. The van der Waals surface area contributed by atoms with Crippen molar-refractivity contribution in [3.63, 3.8) is 0 Å². The third kappa shape index (κ3) is 41.1. The van der Waals surface area contributed by atoms with E-state index in [0.717, 1.165) is 44.9 Å². The SMILES string of the molecule is CCCCCCCC/C=C\CCCCCCCCCCCCCC(=O)OC(CCCCCCCCCCCCCCC)CCCCCC(=O)O. The molecule has 0 aliphatic carbocycles. The number of esters is 1. The van der Waals surface area contributed by atoms with Gasteiger partial charge in [-0.2, -0.15) is 0 Å². The number of allylic oxidation sites excluding steroid dienone is 2. The maximum Gasteiger partial charge on any atom is 0.306 e. The second-order valence-electron chi connectivity index (χ2n) is 15.6. The maximum atomic E-state index is 12.7. The van der Waals surface area contributed by atoms with Crippen LogP contribution in [0.15, 0.2) is 12.2 Å². The summed E-state index contributed by atoms with van der Waals surface area (Å²) in [6, 6.07) is 0. The van der Waals surface area contributed by atoms with E-state index in [1.807, 2.05) is 0 Å². The molecule has 296 valence electrons. The summed E-state index contributed by atoms with van der Waals surface area (Å²) in [4.78, 5) is 23.5. The lowest BCUT2D eigenvalue weighted by Crippen LogP contribution is -2.18. The average molecular weight is 705 g/mol. The Morgan fingerprint density at radius 2 is 0.720 bits per heavy atom. The maximum absolute atomic E-state index is 12.7. The number of carbonyl (C=O) groups excluding carboxylic acids is 1. The fourth-order valence-corrected chi connectivity index (χ4v) is 7.12. The van der Waals surface area contributed by atoms with E-state index in [9.17, 15) is 9.59 Å². The number of rotatable bonds is 42. The van der Waals surface area contributed by atoms with E-state index < -0.39 is 5.97 Å². The third-order valence-electron chi connectivity index (χ3n) is 10.5. The second-order valence-corrected chi connectivity index (χ2v) is 15.6. The van der Waals surface area contributed by atoms with Gasteiger partial charge in [0.2, 0.25) is 0 Å². The molecule has 1 N–H and O–H groups in total. The van der Waals surface area contributed by atoms with Gasteiger partial charge >= 0.3 is 11.9 Å². The lowest BCUT2D eigenvalue weighted by Gasteiger charge is -2.18. The Morgan fingerprint density at radius 1 is 0.420 bits per heavy atom. The summed E-state index contributed by atoms with van der Waals surface area (Å²) in [5, 5.41) is 8.92. The number of carboxylic acids is 1. The topological polar surface area (TPSA) is 63.6 Å². The van der Waals surface area contributed by atoms with Gasteiger partial charge in [0.25, 0.3) is 0 Å². The molecule has 50 heavy (non-hydrogen) atoms. The van der Waals surface area contributed by atoms with Crippen LogP contribution in [-0.4, -0.2) is 23.1 Å². The molecule has 0 radical (unpaired) electrons. The highest BCUT2D eigenvalue weighted by Crippen LogP contribution is 2.19. The summed E-state index contributed by atoms with van der Waals surface area (Å²) in [7, 11) is 0. The fourth-order valence-electron chi connectivity index (χ4n) is 7.12. The standard InChI is InChI=1S/C46H88O4/c1-3-5-7-9-11-13-15-17-18-19-20-21-22-23-24-26-28-30-32-34-39-43-46(49)50-44(41-37-35-38-42-45(47)48)40-36-33-31-29-27-25-16-14-12-10-8-6-4-2/h17-18,44H,3-16,19-43H2,1-2H3,(H,47,48)/b18-17-. The lowest BCUT2D eigenvalue weighted by molar-refractivity contribution is -0.150. The molecule has 1 atom stereocenters. The van der Waals surface area contributed by atoms with E-state index in [-0.39, 0.29) is 18.5 Å². The number of aliphatic carboxylic acids is 1. The van der Waals surface area contributed by atoms with Crippen molar-refractivity contribution < 1.29 is 19.4 Å². The zero-order valence-electron chi connectivity index (χ0n) is 34.0. The largest absolute Gasteiger partial charge is 0.481 e. The van der Waals surface area contributed by atoms with E-state index in [2.05, 4.69) is 26.0 Å². The van der Waals surface area contributed by atoms with Gasteiger partial charge in [-0.1, -0.05) is 199 Å².